The van der Waals surface area contributed by atoms with Crippen LogP contribution in [0.25, 0.3) is 0 Å². The van der Waals surface area contributed by atoms with Gasteiger partial charge in [0, 0.05) is 11.6 Å². The van der Waals surface area contributed by atoms with Crippen molar-refractivity contribution in [3.8, 4) is 0 Å². The zero-order valence-electron chi connectivity index (χ0n) is 10.5. The molecule has 3 nitrogen and oxygen atoms in total. The molecule has 1 amide bonds. The highest BCUT2D eigenvalue weighted by Gasteiger charge is 2.18. The molecule has 1 aromatic rings. The van der Waals surface area contributed by atoms with Crippen molar-refractivity contribution in [1.82, 2.24) is 5.32 Å². The lowest BCUT2D eigenvalue weighted by molar-refractivity contribution is -0.121. The van der Waals surface area contributed by atoms with Crippen molar-refractivity contribution in [2.45, 2.75) is 33.4 Å². The van der Waals surface area contributed by atoms with Crippen LogP contribution in [0, 0.1) is 12.8 Å². The molecule has 1 unspecified atom stereocenters. The van der Waals surface area contributed by atoms with Crippen molar-refractivity contribution in [2.24, 2.45) is 11.7 Å². The molecule has 0 saturated heterocycles. The highest BCUT2D eigenvalue weighted by molar-refractivity contribution is 6.31. The molecule has 0 fully saturated rings. The first-order valence-corrected chi connectivity index (χ1v) is 6.07. The third kappa shape index (κ3) is 4.02. The molecule has 0 aliphatic rings. The van der Waals surface area contributed by atoms with Crippen molar-refractivity contribution in [1.29, 1.82) is 0 Å². The van der Waals surface area contributed by atoms with E-state index >= 15 is 0 Å². The van der Waals surface area contributed by atoms with E-state index in [1.54, 1.807) is 0 Å². The first-order chi connectivity index (χ1) is 7.91. The van der Waals surface area contributed by atoms with E-state index in [9.17, 15) is 4.79 Å². The van der Waals surface area contributed by atoms with Crippen LogP contribution in [0.4, 0.5) is 0 Å². The number of nitrogens with one attached hydrogen (secondary N) is 1. The smallest absolute Gasteiger partial charge is 0.234 e. The summed E-state index contributed by atoms with van der Waals surface area (Å²) in [5.41, 5.74) is 7.42. The van der Waals surface area contributed by atoms with Gasteiger partial charge in [0.05, 0.1) is 6.04 Å². The van der Waals surface area contributed by atoms with Crippen molar-refractivity contribution in [2.75, 3.05) is 0 Å². The Morgan fingerprint density at radius 1 is 1.47 bits per heavy atom. The molecule has 1 atom stereocenters. The van der Waals surface area contributed by atoms with E-state index in [1.807, 2.05) is 39.0 Å². The predicted molar refractivity (Wildman–Crippen MR) is 70.8 cm³/mol. The van der Waals surface area contributed by atoms with Gasteiger partial charge >= 0.3 is 0 Å². The second kappa shape index (κ2) is 6.03. The zero-order valence-corrected chi connectivity index (χ0v) is 11.2. The van der Waals surface area contributed by atoms with Crippen molar-refractivity contribution in [3.63, 3.8) is 0 Å². The minimum absolute atomic E-state index is 0.174. The fourth-order valence-electron chi connectivity index (χ4n) is 1.64. The first-order valence-electron chi connectivity index (χ1n) is 5.69. The van der Waals surface area contributed by atoms with Gasteiger partial charge in [-0.25, -0.2) is 0 Å². The molecule has 0 saturated carbocycles. The average Bonchev–Trinajstić information content (AvgIpc) is 2.22. The highest BCUT2D eigenvalue weighted by atomic mass is 35.5. The molecule has 0 spiro atoms. The maximum atomic E-state index is 11.2. The summed E-state index contributed by atoms with van der Waals surface area (Å²) in [6.07, 6.45) is 0. The molecule has 17 heavy (non-hydrogen) atoms. The molecule has 0 aromatic heterocycles. The van der Waals surface area contributed by atoms with Gasteiger partial charge < -0.3 is 11.1 Å². The number of benzene rings is 1. The molecular formula is C13H19ClN2O. The lowest BCUT2D eigenvalue weighted by atomic mass is 10.0. The van der Waals surface area contributed by atoms with Crippen molar-refractivity contribution in [3.05, 3.63) is 34.3 Å². The minimum Gasteiger partial charge on any atom is -0.368 e. The number of amides is 1. The molecule has 3 N–H and O–H groups in total. The predicted octanol–water partition coefficient (Wildman–Crippen LogP) is 2.25. The second-order valence-electron chi connectivity index (χ2n) is 4.59. The molecule has 4 heteroatoms. The summed E-state index contributed by atoms with van der Waals surface area (Å²) < 4.78 is 0. The number of nitrogens with two attached hydrogens (primary N) is 1. The number of halogens is 1. The number of rotatable bonds is 5. The van der Waals surface area contributed by atoms with Crippen LogP contribution in [0.5, 0.6) is 0 Å². The van der Waals surface area contributed by atoms with E-state index in [0.29, 0.717) is 6.54 Å². The summed E-state index contributed by atoms with van der Waals surface area (Å²) in [5.74, 6) is -0.147. The summed E-state index contributed by atoms with van der Waals surface area (Å²) in [6, 6.07) is 5.55. The van der Waals surface area contributed by atoms with E-state index in [0.717, 1.165) is 16.1 Å². The largest absolute Gasteiger partial charge is 0.368 e. The first kappa shape index (κ1) is 14.0. The molecule has 1 aromatic carbocycles. The second-order valence-corrected chi connectivity index (χ2v) is 5.00. The Morgan fingerprint density at radius 3 is 2.59 bits per heavy atom. The van der Waals surface area contributed by atoms with Crippen LogP contribution in [-0.2, 0) is 11.3 Å². The Morgan fingerprint density at radius 2 is 2.12 bits per heavy atom. The minimum atomic E-state index is -0.321. The fraction of sp³-hybridized carbons (Fsp3) is 0.462. The standard InChI is InChI=1S/C13H19ClN2O/c1-8(2)12(13(15)17)16-7-10-5-4-9(3)11(14)6-10/h4-6,8,12,16H,7H2,1-3H3,(H2,15,17). The van der Waals surface area contributed by atoms with E-state index < -0.39 is 0 Å². The summed E-state index contributed by atoms with van der Waals surface area (Å²) >= 11 is 6.03. The fourth-order valence-corrected chi connectivity index (χ4v) is 1.84. The maximum Gasteiger partial charge on any atom is 0.234 e. The van der Waals surface area contributed by atoms with Crippen molar-refractivity contribution < 1.29 is 4.79 Å². The number of hydrogen-bond donors (Lipinski definition) is 2. The van der Waals surface area contributed by atoms with Gasteiger partial charge in [-0.15, -0.1) is 0 Å². The van der Waals surface area contributed by atoms with Crippen LogP contribution in [0.1, 0.15) is 25.0 Å². The third-order valence-corrected chi connectivity index (χ3v) is 3.14. The van der Waals surface area contributed by atoms with Gasteiger partial charge in [-0.05, 0) is 30.0 Å². The van der Waals surface area contributed by atoms with Crippen molar-refractivity contribution >= 4 is 17.5 Å². The third-order valence-electron chi connectivity index (χ3n) is 2.74. The molecule has 0 heterocycles. The Bertz CT molecular complexity index is 404. The van der Waals surface area contributed by atoms with Crippen LogP contribution in [0.2, 0.25) is 5.02 Å². The number of primary amides is 1. The van der Waals surface area contributed by atoms with Crippen LogP contribution in [0.3, 0.4) is 0 Å². The summed E-state index contributed by atoms with van der Waals surface area (Å²) in [4.78, 5) is 11.2. The van der Waals surface area contributed by atoms with Crippen LogP contribution in [-0.4, -0.2) is 11.9 Å². The average molecular weight is 255 g/mol. The van der Waals surface area contributed by atoms with Gasteiger partial charge in [-0.3, -0.25) is 4.79 Å². The Hall–Kier alpha value is -1.06. The van der Waals surface area contributed by atoms with E-state index in [2.05, 4.69) is 5.32 Å². The normalized spacial score (nSPS) is 12.8. The maximum absolute atomic E-state index is 11.2. The summed E-state index contributed by atoms with van der Waals surface area (Å²) in [6.45, 7) is 6.47. The molecule has 0 radical (unpaired) electrons. The van der Waals surface area contributed by atoms with Gasteiger partial charge in [0.25, 0.3) is 0 Å². The Balaban J connectivity index is 2.65. The number of carbonyl (C=O) groups is 1. The summed E-state index contributed by atoms with van der Waals surface area (Å²) in [5, 5.41) is 3.89. The Kier molecular flexibility index (Phi) is 4.97. The molecule has 0 aliphatic carbocycles. The molecule has 0 bridgehead atoms. The molecule has 1 rings (SSSR count). The van der Waals surface area contributed by atoms with E-state index in [-0.39, 0.29) is 17.9 Å². The lowest BCUT2D eigenvalue weighted by Crippen LogP contribution is -2.44. The van der Waals surface area contributed by atoms with Gasteiger partial charge in [0.2, 0.25) is 5.91 Å². The van der Waals surface area contributed by atoms with Crippen LogP contribution >= 0.6 is 11.6 Å². The number of aryl methyl sites for hydroxylation is 1. The number of hydrogen-bond acceptors (Lipinski definition) is 2. The van der Waals surface area contributed by atoms with E-state index in [1.165, 1.54) is 0 Å². The SMILES string of the molecule is Cc1ccc(CNC(C(N)=O)C(C)C)cc1Cl. The van der Waals surface area contributed by atoms with E-state index in [4.69, 9.17) is 17.3 Å². The Labute approximate surface area is 107 Å². The molecular weight excluding hydrogens is 236 g/mol. The monoisotopic (exact) mass is 254 g/mol. The molecule has 94 valence electrons. The lowest BCUT2D eigenvalue weighted by Gasteiger charge is -2.19. The number of carbonyl (C=O) groups excluding carboxylic acids is 1. The molecule has 0 aliphatic heterocycles. The van der Waals surface area contributed by atoms with Gasteiger partial charge in [-0.1, -0.05) is 37.6 Å². The van der Waals surface area contributed by atoms with Gasteiger partial charge in [-0.2, -0.15) is 0 Å². The van der Waals surface area contributed by atoms with Crippen LogP contribution in [0.15, 0.2) is 18.2 Å². The summed E-state index contributed by atoms with van der Waals surface area (Å²) in [7, 11) is 0. The quantitative estimate of drug-likeness (QED) is 0.847. The zero-order chi connectivity index (χ0) is 13.0. The van der Waals surface area contributed by atoms with Crippen LogP contribution < -0.4 is 11.1 Å². The highest BCUT2D eigenvalue weighted by Crippen LogP contribution is 2.16. The topological polar surface area (TPSA) is 55.1 Å². The van der Waals surface area contributed by atoms with Gasteiger partial charge in [0.15, 0.2) is 0 Å². The van der Waals surface area contributed by atoms with Gasteiger partial charge in [0.1, 0.15) is 0 Å².